The minimum absolute atomic E-state index is 0.172. The fourth-order valence-electron chi connectivity index (χ4n) is 2.12. The highest BCUT2D eigenvalue weighted by molar-refractivity contribution is 5.90. The summed E-state index contributed by atoms with van der Waals surface area (Å²) in [4.78, 5) is 27.1. The summed E-state index contributed by atoms with van der Waals surface area (Å²) >= 11 is 0. The van der Waals surface area contributed by atoms with E-state index in [-0.39, 0.29) is 18.3 Å². The van der Waals surface area contributed by atoms with Gasteiger partial charge in [-0.2, -0.15) is 0 Å². The minimum Gasteiger partial charge on any atom is -0.445 e. The Bertz CT molecular complexity index is 672. The third kappa shape index (κ3) is 7.03. The van der Waals surface area contributed by atoms with Crippen LogP contribution in [0.4, 0.5) is 4.79 Å². The number of aryl methyl sites for hydroxylation is 1. The summed E-state index contributed by atoms with van der Waals surface area (Å²) in [6.45, 7) is 1.36. The summed E-state index contributed by atoms with van der Waals surface area (Å²) in [5, 5.41) is 9.40. The molecule has 2 aromatic rings. The monoisotopic (exact) mass is 345 g/mol. The highest BCUT2D eigenvalue weighted by Crippen LogP contribution is 2.00. The quantitative estimate of drug-likeness (QED) is 0.673. The first-order chi connectivity index (χ1) is 12.1. The number of hydrogen-bond acceptors (Lipinski definition) is 5. The molecule has 2 N–H and O–H groups in total. The summed E-state index contributed by atoms with van der Waals surface area (Å²) in [7, 11) is 1.71. The number of alkyl carbamates (subject to hydrolysis) is 1. The van der Waals surface area contributed by atoms with Crippen LogP contribution in [0.3, 0.4) is 0 Å². The fraction of sp³-hybridized carbons (Fsp3) is 0.412. The van der Waals surface area contributed by atoms with Gasteiger partial charge in [0.1, 0.15) is 12.9 Å². The van der Waals surface area contributed by atoms with Crippen molar-refractivity contribution in [1.29, 1.82) is 0 Å². The molecule has 25 heavy (non-hydrogen) atoms. The summed E-state index contributed by atoms with van der Waals surface area (Å²) in [6, 6.07) is 9.53. The van der Waals surface area contributed by atoms with E-state index in [9.17, 15) is 9.59 Å². The smallest absolute Gasteiger partial charge is 0.407 e. The first-order valence-corrected chi connectivity index (χ1v) is 8.23. The lowest BCUT2D eigenvalue weighted by Gasteiger charge is -2.07. The lowest BCUT2D eigenvalue weighted by Crippen LogP contribution is -2.27. The molecule has 0 atom stereocenters. The molecule has 134 valence electrons. The predicted octanol–water partition coefficient (Wildman–Crippen LogP) is 1.64. The maximum Gasteiger partial charge on any atom is 0.407 e. The molecule has 8 nitrogen and oxygen atoms in total. The van der Waals surface area contributed by atoms with Gasteiger partial charge in [0.2, 0.25) is 5.82 Å². The Morgan fingerprint density at radius 2 is 1.80 bits per heavy atom. The SMILES string of the molecule is Cn1cnc(C(=O)NCCCCCNC(=O)OCc2ccccc2)n1. The number of carbonyl (C=O) groups excluding carboxylic acids is 2. The first kappa shape index (κ1) is 18.4. The zero-order chi connectivity index (χ0) is 17.9. The van der Waals surface area contributed by atoms with Crippen molar-refractivity contribution < 1.29 is 14.3 Å². The van der Waals surface area contributed by atoms with Gasteiger partial charge in [-0.25, -0.2) is 9.78 Å². The zero-order valence-corrected chi connectivity index (χ0v) is 14.3. The largest absolute Gasteiger partial charge is 0.445 e. The van der Waals surface area contributed by atoms with Crippen molar-refractivity contribution in [2.24, 2.45) is 7.05 Å². The molecular formula is C17H23N5O3. The van der Waals surface area contributed by atoms with Crippen LogP contribution >= 0.6 is 0 Å². The maximum atomic E-state index is 11.7. The predicted molar refractivity (Wildman–Crippen MR) is 91.8 cm³/mol. The Morgan fingerprint density at radius 3 is 2.48 bits per heavy atom. The standard InChI is InChI=1S/C17H23N5O3/c1-22-13-20-15(21-22)16(23)18-10-6-3-7-11-19-17(24)25-12-14-8-4-2-5-9-14/h2,4-5,8-9,13H,3,6-7,10-12H2,1H3,(H,18,23)(H,19,24). The lowest BCUT2D eigenvalue weighted by atomic mass is 10.2. The minimum atomic E-state index is -0.418. The molecule has 2 rings (SSSR count). The van der Waals surface area contributed by atoms with Crippen molar-refractivity contribution in [2.45, 2.75) is 25.9 Å². The van der Waals surface area contributed by atoms with Crippen LogP contribution in [0.15, 0.2) is 36.7 Å². The van der Waals surface area contributed by atoms with Gasteiger partial charge in [0.15, 0.2) is 0 Å². The van der Waals surface area contributed by atoms with Crippen molar-refractivity contribution in [3.8, 4) is 0 Å². The van der Waals surface area contributed by atoms with E-state index in [2.05, 4.69) is 20.7 Å². The van der Waals surface area contributed by atoms with Gasteiger partial charge < -0.3 is 15.4 Å². The maximum absolute atomic E-state index is 11.7. The van der Waals surface area contributed by atoms with E-state index in [1.807, 2.05) is 30.3 Å². The van der Waals surface area contributed by atoms with Gasteiger partial charge in [0.05, 0.1) is 0 Å². The van der Waals surface area contributed by atoms with Crippen molar-refractivity contribution in [1.82, 2.24) is 25.4 Å². The van der Waals surface area contributed by atoms with Crippen LogP contribution in [0.1, 0.15) is 35.4 Å². The number of amides is 2. The first-order valence-electron chi connectivity index (χ1n) is 8.23. The number of aromatic nitrogens is 3. The molecule has 0 saturated carbocycles. The van der Waals surface area contributed by atoms with Crippen molar-refractivity contribution in [3.05, 3.63) is 48.0 Å². The van der Waals surface area contributed by atoms with Gasteiger partial charge in [-0.3, -0.25) is 9.48 Å². The molecule has 0 aliphatic rings. The van der Waals surface area contributed by atoms with Crippen LogP contribution < -0.4 is 10.6 Å². The van der Waals surface area contributed by atoms with E-state index in [0.717, 1.165) is 24.8 Å². The van der Waals surface area contributed by atoms with Crippen LogP contribution in [0.5, 0.6) is 0 Å². The molecule has 1 heterocycles. The van der Waals surface area contributed by atoms with Crippen molar-refractivity contribution >= 4 is 12.0 Å². The van der Waals surface area contributed by atoms with Crippen molar-refractivity contribution in [2.75, 3.05) is 13.1 Å². The van der Waals surface area contributed by atoms with Gasteiger partial charge in [-0.15, -0.1) is 5.10 Å². The Balaban J connectivity index is 1.46. The Morgan fingerprint density at radius 1 is 1.08 bits per heavy atom. The number of nitrogens with zero attached hydrogens (tertiary/aromatic N) is 3. The summed E-state index contributed by atoms with van der Waals surface area (Å²) < 4.78 is 6.60. The van der Waals surface area contributed by atoms with E-state index in [1.54, 1.807) is 7.05 Å². The van der Waals surface area contributed by atoms with E-state index in [1.165, 1.54) is 11.0 Å². The summed E-state index contributed by atoms with van der Waals surface area (Å²) in [5.41, 5.74) is 0.954. The number of rotatable bonds is 9. The molecule has 0 unspecified atom stereocenters. The molecule has 0 radical (unpaired) electrons. The summed E-state index contributed by atoms with van der Waals surface area (Å²) in [5.74, 6) is -0.103. The number of carbonyl (C=O) groups is 2. The third-order valence-corrected chi connectivity index (χ3v) is 3.42. The van der Waals surface area contributed by atoms with Gasteiger partial charge >= 0.3 is 6.09 Å². The van der Waals surface area contributed by atoms with Gasteiger partial charge in [-0.05, 0) is 24.8 Å². The van der Waals surface area contributed by atoms with Crippen LogP contribution in [-0.2, 0) is 18.4 Å². The van der Waals surface area contributed by atoms with E-state index < -0.39 is 6.09 Å². The molecule has 0 fully saturated rings. The topological polar surface area (TPSA) is 98.1 Å². The Labute approximate surface area is 146 Å². The van der Waals surface area contributed by atoms with Crippen LogP contribution in [0.25, 0.3) is 0 Å². The van der Waals surface area contributed by atoms with E-state index in [0.29, 0.717) is 13.1 Å². The number of ether oxygens (including phenoxy) is 1. The number of hydrogen-bond donors (Lipinski definition) is 2. The molecule has 1 aromatic carbocycles. The summed E-state index contributed by atoms with van der Waals surface area (Å²) in [6.07, 6.45) is 3.59. The third-order valence-electron chi connectivity index (χ3n) is 3.42. The Hall–Kier alpha value is -2.90. The molecular weight excluding hydrogens is 322 g/mol. The van der Waals surface area contributed by atoms with Gasteiger partial charge in [-0.1, -0.05) is 30.3 Å². The number of nitrogens with one attached hydrogen (secondary N) is 2. The van der Waals surface area contributed by atoms with E-state index >= 15 is 0 Å². The highest BCUT2D eigenvalue weighted by atomic mass is 16.5. The Kier molecular flexibility index (Phi) is 7.42. The molecule has 1 aromatic heterocycles. The lowest BCUT2D eigenvalue weighted by molar-refractivity contribution is 0.0942. The van der Waals surface area contributed by atoms with Crippen LogP contribution in [-0.4, -0.2) is 39.9 Å². The molecule has 0 aliphatic heterocycles. The normalized spacial score (nSPS) is 10.3. The second-order valence-electron chi connectivity index (χ2n) is 5.55. The molecule has 0 saturated heterocycles. The second kappa shape index (κ2) is 10.1. The van der Waals surface area contributed by atoms with Crippen LogP contribution in [0, 0.1) is 0 Å². The molecule has 8 heteroatoms. The molecule has 2 amide bonds. The molecule has 0 bridgehead atoms. The molecule has 0 spiro atoms. The average molecular weight is 345 g/mol. The number of benzene rings is 1. The van der Waals surface area contributed by atoms with E-state index in [4.69, 9.17) is 4.74 Å². The fourth-order valence-corrected chi connectivity index (χ4v) is 2.12. The van der Waals surface area contributed by atoms with Crippen molar-refractivity contribution in [3.63, 3.8) is 0 Å². The average Bonchev–Trinajstić information content (AvgIpc) is 3.06. The van der Waals surface area contributed by atoms with Gasteiger partial charge in [0.25, 0.3) is 5.91 Å². The molecule has 0 aliphatic carbocycles. The van der Waals surface area contributed by atoms with Gasteiger partial charge in [0, 0.05) is 20.1 Å². The zero-order valence-electron chi connectivity index (χ0n) is 14.3. The second-order valence-corrected chi connectivity index (χ2v) is 5.55. The number of unbranched alkanes of at least 4 members (excludes halogenated alkanes) is 2. The van der Waals surface area contributed by atoms with Crippen LogP contribution in [0.2, 0.25) is 0 Å². The highest BCUT2D eigenvalue weighted by Gasteiger charge is 2.09.